The zero-order valence-corrected chi connectivity index (χ0v) is 30.0. The molecule has 290 valence electrons. The normalized spacial score (nSPS) is 30.4. The van der Waals surface area contributed by atoms with Crippen molar-refractivity contribution in [2.75, 3.05) is 18.9 Å². The number of esters is 4. The van der Waals surface area contributed by atoms with Gasteiger partial charge in [-0.15, -0.1) is 0 Å². The molecule has 2 aliphatic heterocycles. The minimum atomic E-state index is -5.72. The fourth-order valence-corrected chi connectivity index (χ4v) is 8.27. The van der Waals surface area contributed by atoms with Gasteiger partial charge >= 0.3 is 38.4 Å². The summed E-state index contributed by atoms with van der Waals surface area (Å²) in [6, 6.07) is 0. The van der Waals surface area contributed by atoms with Crippen molar-refractivity contribution >= 4 is 67.1 Å². The maximum atomic E-state index is 15.4. The van der Waals surface area contributed by atoms with Crippen molar-refractivity contribution in [3.8, 4) is 0 Å². The number of anilines is 1. The summed E-state index contributed by atoms with van der Waals surface area (Å²) >= 11 is 4.82. The summed E-state index contributed by atoms with van der Waals surface area (Å²) in [6.45, 7) is -3.12. The molecule has 0 spiro atoms. The summed E-state index contributed by atoms with van der Waals surface area (Å²) in [7, 11) is -5.72. The van der Waals surface area contributed by atoms with Crippen LogP contribution >= 0.6 is 14.5 Å². The van der Waals surface area contributed by atoms with Crippen LogP contribution in [-0.2, 0) is 77.3 Å². The molecule has 0 aliphatic carbocycles. The summed E-state index contributed by atoms with van der Waals surface area (Å²) < 4.78 is 79.8. The molecule has 0 aromatic carbocycles. The van der Waals surface area contributed by atoms with Gasteiger partial charge in [-0.25, -0.2) is 23.2 Å². The maximum absolute atomic E-state index is 15.4. The number of fused-ring (bicyclic) bond motifs is 1. The van der Waals surface area contributed by atoms with Crippen LogP contribution in [0.3, 0.4) is 0 Å². The summed E-state index contributed by atoms with van der Waals surface area (Å²) in [5, 5.41) is 21.3. The summed E-state index contributed by atoms with van der Waals surface area (Å²) in [6.07, 6.45) is -16.5. The number of aliphatic hydroxyl groups is 2. The number of phosphoric acid groups is 1. The highest BCUT2D eigenvalue weighted by Crippen LogP contribution is 2.62. The van der Waals surface area contributed by atoms with E-state index in [2.05, 4.69) is 19.0 Å². The molecule has 12 atom stereocenters. The van der Waals surface area contributed by atoms with Gasteiger partial charge < -0.3 is 63.1 Å². The van der Waals surface area contributed by atoms with Crippen molar-refractivity contribution in [3.63, 3.8) is 0 Å². The Morgan fingerprint density at radius 1 is 0.962 bits per heavy atom. The van der Waals surface area contributed by atoms with Gasteiger partial charge in [0.05, 0.1) is 12.9 Å². The Balaban J connectivity index is 1.52. The fourth-order valence-electron chi connectivity index (χ4n) is 5.18. The van der Waals surface area contributed by atoms with Gasteiger partial charge in [0.1, 0.15) is 49.0 Å². The second-order valence-corrected chi connectivity index (χ2v) is 15.5. The molecule has 11 unspecified atom stereocenters. The number of nitrogen functional groups attached to an aromatic ring is 1. The Bertz CT molecular complexity index is 1750. The van der Waals surface area contributed by atoms with Crippen LogP contribution in [0.5, 0.6) is 0 Å². The van der Waals surface area contributed by atoms with Gasteiger partial charge in [-0.2, -0.15) is 0 Å². The number of nitrogens with zero attached hydrogens (tertiary/aromatic N) is 2. The van der Waals surface area contributed by atoms with Crippen LogP contribution in [0.2, 0.25) is 0 Å². The average Bonchev–Trinajstić information content (AvgIpc) is 3.57. The summed E-state index contributed by atoms with van der Waals surface area (Å²) in [5.74, 6) is -4.20. The first kappa shape index (κ1) is 41.5. The summed E-state index contributed by atoms with van der Waals surface area (Å²) in [5.41, 5.74) is 6.18. The highest BCUT2D eigenvalue weighted by atomic mass is 32.5. The number of nitrogens with two attached hydrogens (primary N) is 1. The van der Waals surface area contributed by atoms with Gasteiger partial charge in [-0.05, 0) is 11.8 Å². The Labute approximate surface area is 297 Å². The van der Waals surface area contributed by atoms with Crippen molar-refractivity contribution in [1.29, 1.82) is 0 Å². The second kappa shape index (κ2) is 16.8. The molecule has 2 fully saturated rings. The standard InChI is InChI=1S/C26H34FN3O19P2S/c1-9(31)40-6-14(27)20-22(43-10(2)32)23(44-11(3)33)24(45-12(4)34)26(47-20)48-50(37,38)49-51(39,52)42-7-15-17(35)18(36)19(46-15)13-5-41-21-16(13)29-8-30-25(21)28/h5,8,14-15,17-20,22-24,26,35-36H,6-7H2,1-4H3,(H,37,38)(H,39,52)(H2,28,29,30)/t14-,15?,17?,18?,19?,20?,22?,23?,24?,26?,51?/m0/s1. The number of ether oxygens (including phenoxy) is 6. The molecule has 2 saturated heterocycles. The van der Waals surface area contributed by atoms with Crippen molar-refractivity contribution in [2.45, 2.75) is 89.0 Å². The number of rotatable bonds is 14. The highest BCUT2D eigenvalue weighted by Gasteiger charge is 2.57. The molecule has 0 saturated carbocycles. The van der Waals surface area contributed by atoms with Gasteiger partial charge in [0.15, 0.2) is 35.9 Å². The third-order valence-corrected chi connectivity index (χ3v) is 10.7. The third kappa shape index (κ3) is 10.2. The number of alkyl halides is 1. The van der Waals surface area contributed by atoms with Crippen LogP contribution in [-0.4, -0.2) is 122 Å². The Morgan fingerprint density at radius 2 is 1.58 bits per heavy atom. The molecule has 0 bridgehead atoms. The number of hydrogen-bond acceptors (Lipinski definition) is 21. The zero-order valence-electron chi connectivity index (χ0n) is 27.4. The van der Waals surface area contributed by atoms with E-state index in [0.29, 0.717) is 0 Å². The van der Waals surface area contributed by atoms with E-state index < -0.39 is 113 Å². The largest absolute Gasteiger partial charge is 0.481 e. The molecular weight excluding hydrogens is 771 g/mol. The lowest BCUT2D eigenvalue weighted by Crippen LogP contribution is -2.64. The van der Waals surface area contributed by atoms with Crippen molar-refractivity contribution in [1.82, 2.24) is 9.97 Å². The van der Waals surface area contributed by atoms with E-state index in [1.807, 2.05) is 0 Å². The molecule has 22 nitrogen and oxygen atoms in total. The summed E-state index contributed by atoms with van der Waals surface area (Å²) in [4.78, 5) is 76.4. The molecule has 26 heteroatoms. The van der Waals surface area contributed by atoms with Crippen molar-refractivity contribution in [3.05, 3.63) is 18.2 Å². The van der Waals surface area contributed by atoms with Crippen molar-refractivity contribution in [2.24, 2.45) is 0 Å². The highest BCUT2D eigenvalue weighted by molar-refractivity contribution is 8.08. The number of aliphatic hydroxyl groups excluding tert-OH is 2. The third-order valence-electron chi connectivity index (χ3n) is 7.16. The van der Waals surface area contributed by atoms with Crippen LogP contribution in [0.15, 0.2) is 17.0 Å². The Morgan fingerprint density at radius 3 is 2.19 bits per heavy atom. The molecule has 2 aromatic rings. The monoisotopic (exact) mass is 805 g/mol. The fraction of sp³-hybridized carbons (Fsp3) is 0.615. The Hall–Kier alpha value is -3.25. The van der Waals surface area contributed by atoms with Crippen LogP contribution < -0.4 is 5.73 Å². The van der Waals surface area contributed by atoms with Gasteiger partial charge in [0.25, 0.3) is 0 Å². The average molecular weight is 806 g/mol. The first-order chi connectivity index (χ1) is 24.2. The number of carbonyl (C=O) groups excluding carboxylic acids is 4. The van der Waals surface area contributed by atoms with E-state index in [1.165, 1.54) is 6.26 Å². The van der Waals surface area contributed by atoms with Crippen LogP contribution in [0.1, 0.15) is 39.4 Å². The molecular formula is C26H34FN3O19P2S. The van der Waals surface area contributed by atoms with Crippen LogP contribution in [0.4, 0.5) is 10.2 Å². The lowest BCUT2D eigenvalue weighted by molar-refractivity contribution is -0.296. The van der Waals surface area contributed by atoms with E-state index in [0.717, 1.165) is 34.0 Å². The number of aromatic nitrogens is 2. The molecule has 0 radical (unpaired) electrons. The van der Waals surface area contributed by atoms with E-state index in [9.17, 15) is 43.7 Å². The topological polar surface area (TPSA) is 314 Å². The predicted octanol–water partition coefficient (Wildman–Crippen LogP) is -0.245. The van der Waals surface area contributed by atoms with Gasteiger partial charge in [-0.1, -0.05) is 0 Å². The Kier molecular flexibility index (Phi) is 13.4. The quantitative estimate of drug-likeness (QED) is 0.0934. The molecule has 6 N–H and O–H groups in total. The number of hydrogen-bond donors (Lipinski definition) is 5. The molecule has 2 aliphatic rings. The molecule has 0 amide bonds. The lowest BCUT2D eigenvalue weighted by Gasteiger charge is -2.44. The van der Waals surface area contributed by atoms with E-state index in [1.54, 1.807) is 0 Å². The van der Waals surface area contributed by atoms with E-state index in [4.69, 9.17) is 54.7 Å². The lowest BCUT2D eigenvalue weighted by atomic mass is 9.95. The first-order valence-corrected chi connectivity index (χ1v) is 18.9. The minimum absolute atomic E-state index is 0.0103. The maximum Gasteiger partial charge on any atom is 0.481 e. The zero-order chi connectivity index (χ0) is 38.7. The van der Waals surface area contributed by atoms with E-state index >= 15 is 4.39 Å². The smallest absolute Gasteiger partial charge is 0.463 e. The number of halogens is 1. The van der Waals surface area contributed by atoms with Crippen molar-refractivity contribution < 1.29 is 94.3 Å². The molecule has 52 heavy (non-hydrogen) atoms. The van der Waals surface area contributed by atoms with E-state index in [-0.39, 0.29) is 22.5 Å². The molecule has 4 heterocycles. The first-order valence-electron chi connectivity index (χ1n) is 14.8. The number of furan rings is 1. The minimum Gasteiger partial charge on any atom is -0.463 e. The second-order valence-electron chi connectivity index (χ2n) is 11.1. The van der Waals surface area contributed by atoms with Gasteiger partial charge in [0.2, 0.25) is 6.29 Å². The predicted molar refractivity (Wildman–Crippen MR) is 167 cm³/mol. The van der Waals surface area contributed by atoms with Gasteiger partial charge in [0, 0.05) is 33.3 Å². The van der Waals surface area contributed by atoms with Gasteiger partial charge in [-0.3, -0.25) is 23.7 Å². The SMILES string of the molecule is CC(=O)OC[C@H](F)C1OC(OP(=O)(O)OP(O)(=S)OCC2OC(c3coc4c(N)ncnc34)C(O)C2O)C(OC(C)=O)C(OC(C)=O)C1OC(C)=O. The molecule has 4 rings (SSSR count). The number of phosphoric ester groups is 1. The van der Waals surface area contributed by atoms with Crippen LogP contribution in [0, 0.1) is 0 Å². The number of carbonyl (C=O) groups is 4. The molecule has 2 aromatic heterocycles. The van der Waals surface area contributed by atoms with Crippen LogP contribution in [0.25, 0.3) is 11.1 Å².